The van der Waals surface area contributed by atoms with E-state index in [1.807, 2.05) is 0 Å². The van der Waals surface area contributed by atoms with Gasteiger partial charge in [-0.2, -0.15) is 0 Å². The van der Waals surface area contributed by atoms with E-state index in [-0.39, 0.29) is 0 Å². The van der Waals surface area contributed by atoms with Gasteiger partial charge in [0.2, 0.25) is 0 Å². The van der Waals surface area contributed by atoms with Crippen molar-refractivity contribution in [3.05, 3.63) is 35.4 Å². The number of nitrogens with zero attached hydrogens (tertiary/aromatic N) is 1. The van der Waals surface area contributed by atoms with Crippen LogP contribution in [0.1, 0.15) is 56.7 Å². The second kappa shape index (κ2) is 6.93. The molecule has 0 aromatic heterocycles. The zero-order valence-electron chi connectivity index (χ0n) is 13.6. The lowest BCUT2D eigenvalue weighted by atomic mass is 10.0. The molecule has 116 valence electrons. The Labute approximate surface area is 129 Å². The van der Waals surface area contributed by atoms with E-state index >= 15 is 0 Å². The Morgan fingerprint density at radius 1 is 1.14 bits per heavy atom. The summed E-state index contributed by atoms with van der Waals surface area (Å²) in [5, 5.41) is 3.66. The molecule has 0 amide bonds. The van der Waals surface area contributed by atoms with Gasteiger partial charge in [0.15, 0.2) is 0 Å². The van der Waals surface area contributed by atoms with Crippen molar-refractivity contribution in [3.8, 4) is 0 Å². The van der Waals surface area contributed by atoms with Gasteiger partial charge >= 0.3 is 0 Å². The molecule has 2 fully saturated rings. The van der Waals surface area contributed by atoms with Crippen molar-refractivity contribution in [3.63, 3.8) is 0 Å². The first-order chi connectivity index (χ1) is 10.3. The van der Waals surface area contributed by atoms with E-state index in [9.17, 15) is 0 Å². The van der Waals surface area contributed by atoms with Gasteiger partial charge in [-0.1, -0.05) is 31.2 Å². The van der Waals surface area contributed by atoms with Crippen molar-refractivity contribution >= 4 is 0 Å². The Kier molecular flexibility index (Phi) is 4.97. The highest BCUT2D eigenvalue weighted by molar-refractivity contribution is 5.24. The maximum Gasteiger partial charge on any atom is 0.0320 e. The van der Waals surface area contributed by atoms with E-state index in [1.165, 1.54) is 56.4 Å². The van der Waals surface area contributed by atoms with Gasteiger partial charge in [-0.3, -0.25) is 4.90 Å². The number of rotatable bonds is 7. The number of hydrogen-bond acceptors (Lipinski definition) is 2. The number of hydrogen-bond donors (Lipinski definition) is 1. The molecule has 0 radical (unpaired) electrons. The van der Waals surface area contributed by atoms with Crippen molar-refractivity contribution in [2.75, 3.05) is 19.6 Å². The van der Waals surface area contributed by atoms with Crippen LogP contribution >= 0.6 is 0 Å². The first-order valence-corrected chi connectivity index (χ1v) is 8.82. The maximum atomic E-state index is 3.66. The molecule has 21 heavy (non-hydrogen) atoms. The lowest BCUT2D eigenvalue weighted by Gasteiger charge is -2.32. The molecule has 1 saturated carbocycles. The number of aryl methyl sites for hydroxylation is 1. The van der Waals surface area contributed by atoms with Crippen LogP contribution in [-0.2, 0) is 6.42 Å². The summed E-state index contributed by atoms with van der Waals surface area (Å²) in [5.74, 6) is 0.962. The summed E-state index contributed by atoms with van der Waals surface area (Å²) >= 11 is 0. The molecule has 1 aliphatic heterocycles. The second-order valence-corrected chi connectivity index (χ2v) is 6.96. The molecule has 0 spiro atoms. The average molecular weight is 286 g/mol. The minimum absolute atomic E-state index is 0.541. The normalized spacial score (nSPS) is 23.7. The van der Waals surface area contributed by atoms with Crippen molar-refractivity contribution in [2.45, 2.75) is 58.0 Å². The minimum Gasteiger partial charge on any atom is -0.313 e. The topological polar surface area (TPSA) is 15.3 Å². The zero-order valence-corrected chi connectivity index (χ0v) is 13.6. The zero-order chi connectivity index (χ0) is 14.7. The van der Waals surface area contributed by atoms with Crippen molar-refractivity contribution in [2.24, 2.45) is 5.92 Å². The Morgan fingerprint density at radius 2 is 1.90 bits per heavy atom. The molecule has 1 N–H and O–H groups in total. The molecule has 2 heteroatoms. The van der Waals surface area contributed by atoms with Crippen LogP contribution in [0.3, 0.4) is 0 Å². The van der Waals surface area contributed by atoms with Crippen LogP contribution in [-0.4, -0.2) is 30.6 Å². The van der Waals surface area contributed by atoms with Crippen LogP contribution in [0.4, 0.5) is 0 Å². The molecular weight excluding hydrogens is 256 g/mol. The number of benzene rings is 1. The van der Waals surface area contributed by atoms with Crippen LogP contribution in [0.15, 0.2) is 24.3 Å². The fourth-order valence-electron chi connectivity index (χ4n) is 3.46. The molecule has 2 atom stereocenters. The Bertz CT molecular complexity index is 429. The third kappa shape index (κ3) is 4.08. The van der Waals surface area contributed by atoms with Gasteiger partial charge in [-0.15, -0.1) is 0 Å². The predicted octanol–water partition coefficient (Wildman–Crippen LogP) is 3.77. The molecule has 2 nitrogen and oxygen atoms in total. The third-order valence-corrected chi connectivity index (χ3v) is 5.22. The maximum absolute atomic E-state index is 3.66. The summed E-state index contributed by atoms with van der Waals surface area (Å²) < 4.78 is 0. The van der Waals surface area contributed by atoms with Crippen LogP contribution in [0.2, 0.25) is 0 Å². The molecular formula is C19H30N2. The lowest BCUT2D eigenvalue weighted by molar-refractivity contribution is 0.184. The summed E-state index contributed by atoms with van der Waals surface area (Å²) in [6.45, 7) is 8.32. The van der Waals surface area contributed by atoms with Crippen molar-refractivity contribution in [1.29, 1.82) is 0 Å². The molecule has 1 saturated heterocycles. The van der Waals surface area contributed by atoms with E-state index in [0.29, 0.717) is 12.1 Å². The standard InChI is InChI=1S/C19H30N2/c1-3-16-8-10-18(11-9-16)15(2)21(13-17-6-7-17)14-19-5-4-12-20-19/h8-11,15,17,19-20H,3-7,12-14H2,1-2H3. The molecule has 1 aromatic carbocycles. The molecule has 2 aliphatic rings. The van der Waals surface area contributed by atoms with Crippen LogP contribution in [0, 0.1) is 5.92 Å². The first kappa shape index (κ1) is 15.1. The van der Waals surface area contributed by atoms with Gasteiger partial charge in [-0.05, 0) is 62.6 Å². The third-order valence-electron chi connectivity index (χ3n) is 5.22. The van der Waals surface area contributed by atoms with E-state index in [2.05, 4.69) is 48.3 Å². The second-order valence-electron chi connectivity index (χ2n) is 6.96. The summed E-state index contributed by atoms with van der Waals surface area (Å²) in [5.41, 5.74) is 2.92. The highest BCUT2D eigenvalue weighted by atomic mass is 15.2. The minimum atomic E-state index is 0.541. The van der Waals surface area contributed by atoms with Gasteiger partial charge in [-0.25, -0.2) is 0 Å². The van der Waals surface area contributed by atoms with Crippen LogP contribution < -0.4 is 5.32 Å². The highest BCUT2D eigenvalue weighted by Crippen LogP contribution is 2.33. The molecule has 1 aliphatic carbocycles. The summed E-state index contributed by atoms with van der Waals surface area (Å²) in [6, 6.07) is 10.5. The summed E-state index contributed by atoms with van der Waals surface area (Å²) in [4.78, 5) is 2.72. The van der Waals surface area contributed by atoms with Gasteiger partial charge in [0.1, 0.15) is 0 Å². The largest absolute Gasteiger partial charge is 0.313 e. The molecule has 1 aromatic rings. The van der Waals surface area contributed by atoms with E-state index in [4.69, 9.17) is 0 Å². The first-order valence-electron chi connectivity index (χ1n) is 8.82. The Hall–Kier alpha value is -0.860. The van der Waals surface area contributed by atoms with E-state index in [0.717, 1.165) is 12.3 Å². The summed E-state index contributed by atoms with van der Waals surface area (Å²) in [7, 11) is 0. The SMILES string of the molecule is CCc1ccc(C(C)N(CC2CC2)CC2CCCN2)cc1. The van der Waals surface area contributed by atoms with E-state index < -0.39 is 0 Å². The van der Waals surface area contributed by atoms with Gasteiger partial charge < -0.3 is 5.32 Å². The Balaban J connectivity index is 1.66. The quantitative estimate of drug-likeness (QED) is 0.821. The highest BCUT2D eigenvalue weighted by Gasteiger charge is 2.29. The molecule has 2 unspecified atom stereocenters. The number of nitrogens with one attached hydrogen (secondary N) is 1. The van der Waals surface area contributed by atoms with Crippen molar-refractivity contribution in [1.82, 2.24) is 10.2 Å². The molecule has 0 bridgehead atoms. The molecule has 1 heterocycles. The van der Waals surface area contributed by atoms with Gasteiger partial charge in [0, 0.05) is 25.2 Å². The lowest BCUT2D eigenvalue weighted by Crippen LogP contribution is -2.40. The van der Waals surface area contributed by atoms with Crippen LogP contribution in [0.5, 0.6) is 0 Å². The molecule has 3 rings (SSSR count). The predicted molar refractivity (Wildman–Crippen MR) is 89.6 cm³/mol. The fraction of sp³-hybridized carbons (Fsp3) is 0.684. The fourth-order valence-corrected chi connectivity index (χ4v) is 3.46. The summed E-state index contributed by atoms with van der Waals surface area (Å²) in [6.07, 6.45) is 6.71. The van der Waals surface area contributed by atoms with Crippen molar-refractivity contribution < 1.29 is 0 Å². The Morgan fingerprint density at radius 3 is 2.48 bits per heavy atom. The van der Waals surface area contributed by atoms with Gasteiger partial charge in [0.05, 0.1) is 0 Å². The van der Waals surface area contributed by atoms with Gasteiger partial charge in [0.25, 0.3) is 0 Å². The van der Waals surface area contributed by atoms with Crippen LogP contribution in [0.25, 0.3) is 0 Å². The van der Waals surface area contributed by atoms with E-state index in [1.54, 1.807) is 0 Å². The monoisotopic (exact) mass is 286 g/mol. The smallest absolute Gasteiger partial charge is 0.0320 e. The average Bonchev–Trinajstić information content (AvgIpc) is 3.19.